The second kappa shape index (κ2) is 8.90. The highest BCUT2D eigenvalue weighted by atomic mass is 19.1. The van der Waals surface area contributed by atoms with Crippen molar-refractivity contribution >= 4 is 17.6 Å². The van der Waals surface area contributed by atoms with E-state index < -0.39 is 0 Å². The number of benzene rings is 1. The summed E-state index contributed by atoms with van der Waals surface area (Å²) in [7, 11) is 1.80. The molecule has 2 N–H and O–H groups in total. The molecule has 0 atom stereocenters. The van der Waals surface area contributed by atoms with E-state index in [9.17, 15) is 14.0 Å². The number of nitrogens with one attached hydrogen (secondary N) is 2. The van der Waals surface area contributed by atoms with Crippen LogP contribution < -0.4 is 5.32 Å². The van der Waals surface area contributed by atoms with Crippen LogP contribution in [0, 0.1) is 5.82 Å². The summed E-state index contributed by atoms with van der Waals surface area (Å²) in [5, 5.41) is 2.81. The lowest BCUT2D eigenvalue weighted by Crippen LogP contribution is -2.34. The summed E-state index contributed by atoms with van der Waals surface area (Å²) in [6.07, 6.45) is 5.87. The molecule has 1 aromatic carbocycles. The van der Waals surface area contributed by atoms with E-state index >= 15 is 0 Å². The first-order chi connectivity index (χ1) is 16.5. The highest BCUT2D eigenvalue weighted by molar-refractivity contribution is 6.06. The largest absolute Gasteiger partial charge is 0.357 e. The highest BCUT2D eigenvalue weighted by Crippen LogP contribution is 2.39. The summed E-state index contributed by atoms with van der Waals surface area (Å²) >= 11 is 0. The summed E-state index contributed by atoms with van der Waals surface area (Å²) in [6.45, 7) is 0.638. The first kappa shape index (κ1) is 21.5. The Morgan fingerprint density at radius 1 is 1.12 bits per heavy atom. The molecule has 2 amide bonds. The molecular weight excluding hydrogens is 433 g/mol. The fourth-order valence-corrected chi connectivity index (χ4v) is 4.19. The van der Waals surface area contributed by atoms with Crippen LogP contribution in [-0.4, -0.2) is 45.3 Å². The maximum absolute atomic E-state index is 13.1. The van der Waals surface area contributed by atoms with Gasteiger partial charge in [-0.15, -0.1) is 0 Å². The van der Waals surface area contributed by atoms with Gasteiger partial charge >= 0.3 is 0 Å². The van der Waals surface area contributed by atoms with E-state index in [4.69, 9.17) is 0 Å². The maximum atomic E-state index is 13.1. The molecule has 1 aliphatic rings. The molecule has 0 radical (unpaired) electrons. The minimum Gasteiger partial charge on any atom is -0.357 e. The first-order valence-electron chi connectivity index (χ1n) is 10.9. The monoisotopic (exact) mass is 455 g/mol. The number of hydrogen-bond acceptors (Lipinski definition) is 4. The molecule has 0 bridgehead atoms. The van der Waals surface area contributed by atoms with Crippen molar-refractivity contribution in [3.63, 3.8) is 0 Å². The Morgan fingerprint density at radius 3 is 2.71 bits per heavy atom. The van der Waals surface area contributed by atoms with Gasteiger partial charge in [-0.3, -0.25) is 14.6 Å². The average Bonchev–Trinajstić information content (AvgIpc) is 3.24. The number of H-pyrrole nitrogens is 1. The lowest BCUT2D eigenvalue weighted by Gasteiger charge is -2.23. The molecule has 0 saturated heterocycles. The SMILES string of the molecule is CN1CCc2[nH]c(-c3ccnc(NC(=O)Cc4ccc(F)cc4)c3)c(-c3cccnc3)c2C1=O. The summed E-state index contributed by atoms with van der Waals surface area (Å²) in [6, 6.07) is 13.2. The molecule has 4 heterocycles. The van der Waals surface area contributed by atoms with Crippen LogP contribution in [0.4, 0.5) is 10.2 Å². The second-order valence-corrected chi connectivity index (χ2v) is 8.23. The summed E-state index contributed by atoms with van der Waals surface area (Å²) in [4.78, 5) is 39.3. The Morgan fingerprint density at radius 2 is 1.94 bits per heavy atom. The number of aromatic nitrogens is 3. The van der Waals surface area contributed by atoms with Gasteiger partial charge in [0.1, 0.15) is 11.6 Å². The van der Waals surface area contributed by atoms with Crippen LogP contribution in [0.25, 0.3) is 22.4 Å². The van der Waals surface area contributed by atoms with Crippen LogP contribution in [-0.2, 0) is 17.6 Å². The van der Waals surface area contributed by atoms with E-state index in [1.54, 1.807) is 48.7 Å². The van der Waals surface area contributed by atoms with Gasteiger partial charge in [-0.25, -0.2) is 9.37 Å². The van der Waals surface area contributed by atoms with Crippen molar-refractivity contribution in [2.24, 2.45) is 0 Å². The van der Waals surface area contributed by atoms with Crippen LogP contribution in [0.3, 0.4) is 0 Å². The summed E-state index contributed by atoms with van der Waals surface area (Å²) < 4.78 is 13.1. The smallest absolute Gasteiger partial charge is 0.256 e. The number of pyridine rings is 2. The molecule has 0 saturated carbocycles. The number of carbonyl (C=O) groups is 2. The van der Waals surface area contributed by atoms with Crippen molar-refractivity contribution in [1.82, 2.24) is 19.9 Å². The third-order valence-corrected chi connectivity index (χ3v) is 5.88. The number of aromatic amines is 1. The Hall–Kier alpha value is -4.33. The van der Waals surface area contributed by atoms with Crippen molar-refractivity contribution in [1.29, 1.82) is 0 Å². The van der Waals surface area contributed by atoms with Gasteiger partial charge in [0.05, 0.1) is 17.7 Å². The van der Waals surface area contributed by atoms with Crippen molar-refractivity contribution < 1.29 is 14.0 Å². The van der Waals surface area contributed by atoms with Gasteiger partial charge in [0.15, 0.2) is 0 Å². The number of fused-ring (bicyclic) bond motifs is 1. The fourth-order valence-electron chi connectivity index (χ4n) is 4.19. The van der Waals surface area contributed by atoms with Gasteiger partial charge in [0.25, 0.3) is 5.91 Å². The van der Waals surface area contributed by atoms with Gasteiger partial charge in [-0.05, 0) is 35.9 Å². The molecule has 3 aromatic heterocycles. The maximum Gasteiger partial charge on any atom is 0.256 e. The Balaban J connectivity index is 1.49. The molecule has 0 unspecified atom stereocenters. The van der Waals surface area contributed by atoms with E-state index in [0.29, 0.717) is 23.5 Å². The van der Waals surface area contributed by atoms with Crippen molar-refractivity contribution in [3.05, 3.63) is 89.8 Å². The van der Waals surface area contributed by atoms with Crippen LogP contribution in [0.1, 0.15) is 21.6 Å². The second-order valence-electron chi connectivity index (χ2n) is 8.23. The minimum atomic E-state index is -0.346. The van der Waals surface area contributed by atoms with E-state index in [2.05, 4.69) is 20.3 Å². The molecule has 1 aliphatic heterocycles. The molecule has 34 heavy (non-hydrogen) atoms. The molecule has 7 nitrogen and oxygen atoms in total. The van der Waals surface area contributed by atoms with Crippen molar-refractivity contribution in [2.45, 2.75) is 12.8 Å². The molecule has 0 spiro atoms. The summed E-state index contributed by atoms with van der Waals surface area (Å²) in [5.41, 5.74) is 5.42. The van der Waals surface area contributed by atoms with Crippen LogP contribution in [0.2, 0.25) is 0 Å². The van der Waals surface area contributed by atoms with Gasteiger partial charge in [-0.1, -0.05) is 18.2 Å². The molecule has 170 valence electrons. The Kier molecular flexibility index (Phi) is 5.63. The Labute approximate surface area is 195 Å². The number of amides is 2. The zero-order chi connectivity index (χ0) is 23.7. The quantitative estimate of drug-likeness (QED) is 0.474. The molecule has 5 rings (SSSR count). The standard InChI is InChI=1S/C26H22FN5O2/c1-32-12-9-20-24(26(32)34)23(18-3-2-10-28-15-18)25(30-20)17-8-11-29-21(14-17)31-22(33)13-16-4-6-19(27)7-5-16/h2-8,10-11,14-15,30H,9,12-13H2,1H3,(H,29,31,33). The van der Waals surface area contributed by atoms with Gasteiger partial charge in [-0.2, -0.15) is 0 Å². The molecule has 0 fully saturated rings. The number of anilines is 1. The zero-order valence-corrected chi connectivity index (χ0v) is 18.5. The van der Waals surface area contributed by atoms with Gasteiger partial charge in [0.2, 0.25) is 5.91 Å². The normalized spacial score (nSPS) is 13.0. The van der Waals surface area contributed by atoms with Gasteiger partial charge in [0, 0.05) is 61.0 Å². The number of halogens is 1. The number of hydrogen-bond donors (Lipinski definition) is 2. The number of carbonyl (C=O) groups excluding carboxylic acids is 2. The van der Waals surface area contributed by atoms with Crippen LogP contribution >= 0.6 is 0 Å². The molecule has 8 heteroatoms. The van der Waals surface area contributed by atoms with E-state index in [0.717, 1.165) is 34.5 Å². The van der Waals surface area contributed by atoms with Crippen molar-refractivity contribution in [2.75, 3.05) is 18.9 Å². The first-order valence-corrected chi connectivity index (χ1v) is 10.9. The number of rotatable bonds is 5. The third-order valence-electron chi connectivity index (χ3n) is 5.88. The molecule has 4 aromatic rings. The fraction of sp³-hybridized carbons (Fsp3) is 0.154. The number of likely N-dealkylation sites (N-methyl/N-ethyl adjacent to an activating group) is 1. The van der Waals surface area contributed by atoms with E-state index in [1.807, 2.05) is 18.2 Å². The lowest BCUT2D eigenvalue weighted by atomic mass is 9.95. The average molecular weight is 455 g/mol. The van der Waals surface area contributed by atoms with E-state index in [1.165, 1.54) is 12.1 Å². The Bertz CT molecular complexity index is 1370. The van der Waals surface area contributed by atoms with Crippen molar-refractivity contribution in [3.8, 4) is 22.4 Å². The third kappa shape index (κ3) is 4.17. The van der Waals surface area contributed by atoms with Crippen LogP contribution in [0.15, 0.2) is 67.1 Å². The molecular formula is C26H22FN5O2. The highest BCUT2D eigenvalue weighted by Gasteiger charge is 2.30. The van der Waals surface area contributed by atoms with E-state index in [-0.39, 0.29) is 24.1 Å². The predicted molar refractivity (Wildman–Crippen MR) is 127 cm³/mol. The predicted octanol–water partition coefficient (Wildman–Crippen LogP) is 4.09. The topological polar surface area (TPSA) is 91.0 Å². The van der Waals surface area contributed by atoms with Crippen LogP contribution in [0.5, 0.6) is 0 Å². The molecule has 0 aliphatic carbocycles. The number of nitrogens with zero attached hydrogens (tertiary/aromatic N) is 3. The van der Waals surface area contributed by atoms with Gasteiger partial charge < -0.3 is 15.2 Å². The zero-order valence-electron chi connectivity index (χ0n) is 18.5. The minimum absolute atomic E-state index is 0.0375. The summed E-state index contributed by atoms with van der Waals surface area (Å²) in [5.74, 6) is -0.255. The lowest BCUT2D eigenvalue weighted by molar-refractivity contribution is -0.115.